The first-order chi connectivity index (χ1) is 17.2. The highest BCUT2D eigenvalue weighted by atomic mass is 35.5. The fourth-order valence-corrected chi connectivity index (χ4v) is 5.97. The molecular weight excluding hydrogens is 498 g/mol. The molecule has 1 aliphatic heterocycles. The standard InChI is InChI=1S/C27H30ClN3O4S/c1-17-5-4-6-23(26(17)28)18(2)30-27(32)31-24-10-9-22(14-25(24)35-3)36(33,34)16-19-7-8-21-15-29-12-11-20(21)13-19/h4-10,13-14,18,29H,11-12,15-16H2,1-3H3,(H2,30,31,32). The first-order valence-corrected chi connectivity index (χ1v) is 13.8. The van der Waals surface area contributed by atoms with E-state index in [0.717, 1.165) is 36.2 Å². The van der Waals surface area contributed by atoms with Gasteiger partial charge in [0.25, 0.3) is 0 Å². The number of amides is 2. The Balaban J connectivity index is 1.47. The number of benzene rings is 3. The lowest BCUT2D eigenvalue weighted by Gasteiger charge is -2.19. The second-order valence-electron chi connectivity index (χ2n) is 8.95. The van der Waals surface area contributed by atoms with E-state index in [9.17, 15) is 13.2 Å². The van der Waals surface area contributed by atoms with Crippen LogP contribution in [0.1, 0.15) is 40.8 Å². The molecule has 1 heterocycles. The SMILES string of the molecule is COc1cc(S(=O)(=O)Cc2ccc3c(c2)CCNC3)ccc1NC(=O)NC(C)c1cccc(C)c1Cl. The molecule has 7 nitrogen and oxygen atoms in total. The van der Waals surface area contributed by atoms with Crippen LogP contribution in [0, 0.1) is 6.92 Å². The molecule has 3 aromatic rings. The highest BCUT2D eigenvalue weighted by Crippen LogP contribution is 2.30. The fraction of sp³-hybridized carbons (Fsp3) is 0.296. The van der Waals surface area contributed by atoms with Gasteiger partial charge in [0.2, 0.25) is 0 Å². The summed E-state index contributed by atoms with van der Waals surface area (Å²) in [5.74, 6) is 0.141. The molecule has 2 amide bonds. The van der Waals surface area contributed by atoms with Gasteiger partial charge in [-0.2, -0.15) is 0 Å². The minimum absolute atomic E-state index is 0.112. The monoisotopic (exact) mass is 527 g/mol. The summed E-state index contributed by atoms with van der Waals surface area (Å²) in [6.07, 6.45) is 0.883. The molecule has 0 bridgehead atoms. The Morgan fingerprint density at radius 3 is 2.72 bits per heavy atom. The van der Waals surface area contributed by atoms with Crippen LogP contribution in [0.3, 0.4) is 0 Å². The second-order valence-corrected chi connectivity index (χ2v) is 11.3. The summed E-state index contributed by atoms with van der Waals surface area (Å²) in [5.41, 5.74) is 5.23. The van der Waals surface area contributed by atoms with Crippen molar-refractivity contribution in [2.45, 2.75) is 43.5 Å². The van der Waals surface area contributed by atoms with Gasteiger partial charge in [-0.05, 0) is 66.8 Å². The number of ether oxygens (including phenoxy) is 1. The summed E-state index contributed by atoms with van der Waals surface area (Å²) < 4.78 is 31.7. The zero-order chi connectivity index (χ0) is 25.9. The third kappa shape index (κ3) is 5.83. The van der Waals surface area contributed by atoms with Crippen molar-refractivity contribution in [1.82, 2.24) is 10.6 Å². The Kier molecular flexibility index (Phi) is 7.88. The molecule has 1 atom stereocenters. The van der Waals surface area contributed by atoms with E-state index in [0.29, 0.717) is 10.7 Å². The molecule has 3 aromatic carbocycles. The van der Waals surface area contributed by atoms with Crippen molar-refractivity contribution >= 4 is 33.2 Å². The zero-order valence-electron chi connectivity index (χ0n) is 20.5. The summed E-state index contributed by atoms with van der Waals surface area (Å²) in [7, 11) is -2.19. The topological polar surface area (TPSA) is 96.5 Å². The van der Waals surface area contributed by atoms with Crippen molar-refractivity contribution in [2.75, 3.05) is 19.0 Å². The molecule has 190 valence electrons. The number of sulfone groups is 1. The van der Waals surface area contributed by atoms with Crippen LogP contribution < -0.4 is 20.7 Å². The fourth-order valence-electron chi connectivity index (χ4n) is 4.33. The zero-order valence-corrected chi connectivity index (χ0v) is 22.1. The Morgan fingerprint density at radius 1 is 1.14 bits per heavy atom. The Bertz CT molecular complexity index is 1390. The van der Waals surface area contributed by atoms with Crippen LogP contribution >= 0.6 is 11.6 Å². The van der Waals surface area contributed by atoms with Gasteiger partial charge in [-0.1, -0.05) is 48.0 Å². The molecule has 0 saturated heterocycles. The average molecular weight is 528 g/mol. The van der Waals surface area contributed by atoms with Gasteiger partial charge in [-0.25, -0.2) is 13.2 Å². The summed E-state index contributed by atoms with van der Waals surface area (Å²) in [4.78, 5) is 12.8. The molecule has 4 rings (SSSR count). The van der Waals surface area contributed by atoms with E-state index in [1.165, 1.54) is 36.4 Å². The van der Waals surface area contributed by atoms with E-state index in [1.807, 2.05) is 50.2 Å². The van der Waals surface area contributed by atoms with Crippen molar-refractivity contribution in [1.29, 1.82) is 0 Å². The summed E-state index contributed by atoms with van der Waals surface area (Å²) in [5, 5.41) is 9.51. The Morgan fingerprint density at radius 2 is 1.94 bits per heavy atom. The van der Waals surface area contributed by atoms with Crippen molar-refractivity contribution in [3.63, 3.8) is 0 Å². The molecule has 0 radical (unpaired) electrons. The third-order valence-electron chi connectivity index (χ3n) is 6.33. The minimum Gasteiger partial charge on any atom is -0.495 e. The van der Waals surface area contributed by atoms with Gasteiger partial charge < -0.3 is 20.7 Å². The molecule has 0 aliphatic carbocycles. The number of aryl methyl sites for hydroxylation is 1. The van der Waals surface area contributed by atoms with Crippen molar-refractivity contribution in [2.24, 2.45) is 0 Å². The number of nitrogens with one attached hydrogen (secondary N) is 3. The lowest BCUT2D eigenvalue weighted by molar-refractivity contribution is 0.249. The molecule has 1 aliphatic rings. The van der Waals surface area contributed by atoms with Crippen LogP contribution in [0.15, 0.2) is 59.5 Å². The summed E-state index contributed by atoms with van der Waals surface area (Å²) in [6, 6.07) is 15.1. The van der Waals surface area contributed by atoms with Gasteiger partial charge in [0.15, 0.2) is 9.84 Å². The van der Waals surface area contributed by atoms with Crippen LogP contribution in [0.2, 0.25) is 5.02 Å². The summed E-state index contributed by atoms with van der Waals surface area (Å²) in [6.45, 7) is 5.43. The molecule has 0 spiro atoms. The van der Waals surface area contributed by atoms with Crippen LogP contribution in [0.5, 0.6) is 5.75 Å². The number of carbonyl (C=O) groups excluding carboxylic acids is 1. The van der Waals surface area contributed by atoms with Crippen molar-refractivity contribution in [3.8, 4) is 5.75 Å². The third-order valence-corrected chi connectivity index (χ3v) is 8.53. The quantitative estimate of drug-likeness (QED) is 0.394. The number of hydrogen-bond donors (Lipinski definition) is 3. The normalized spacial score (nSPS) is 14.0. The van der Waals surface area contributed by atoms with Gasteiger partial charge in [0.05, 0.1) is 29.5 Å². The highest BCUT2D eigenvalue weighted by Gasteiger charge is 2.20. The van der Waals surface area contributed by atoms with E-state index >= 15 is 0 Å². The first kappa shape index (κ1) is 26.0. The molecule has 0 aromatic heterocycles. The molecule has 9 heteroatoms. The van der Waals surface area contributed by atoms with Crippen LogP contribution in [-0.2, 0) is 28.6 Å². The molecule has 1 unspecified atom stereocenters. The smallest absolute Gasteiger partial charge is 0.319 e. The van der Waals surface area contributed by atoms with Gasteiger partial charge in [0, 0.05) is 17.6 Å². The van der Waals surface area contributed by atoms with Crippen LogP contribution in [0.4, 0.5) is 10.5 Å². The minimum atomic E-state index is -3.62. The van der Waals surface area contributed by atoms with Crippen LogP contribution in [0.25, 0.3) is 0 Å². The number of methoxy groups -OCH3 is 1. The maximum absolute atomic E-state index is 13.2. The lowest BCUT2D eigenvalue weighted by atomic mass is 9.99. The largest absolute Gasteiger partial charge is 0.495 e. The molecule has 0 fully saturated rings. The van der Waals surface area contributed by atoms with E-state index < -0.39 is 15.9 Å². The van der Waals surface area contributed by atoms with Crippen molar-refractivity contribution < 1.29 is 17.9 Å². The highest BCUT2D eigenvalue weighted by molar-refractivity contribution is 7.90. The number of carbonyl (C=O) groups is 1. The number of urea groups is 1. The average Bonchev–Trinajstić information content (AvgIpc) is 2.85. The van der Waals surface area contributed by atoms with Gasteiger partial charge >= 0.3 is 6.03 Å². The number of anilines is 1. The number of halogens is 1. The lowest BCUT2D eigenvalue weighted by Crippen LogP contribution is -2.31. The second kappa shape index (κ2) is 10.9. The predicted octanol–water partition coefficient (Wildman–Crippen LogP) is 5.16. The van der Waals surface area contributed by atoms with Crippen LogP contribution in [-0.4, -0.2) is 28.1 Å². The maximum Gasteiger partial charge on any atom is 0.319 e. The molecule has 36 heavy (non-hydrogen) atoms. The van der Waals surface area contributed by atoms with Gasteiger partial charge in [-0.15, -0.1) is 0 Å². The molecule has 0 saturated carbocycles. The number of hydrogen-bond acceptors (Lipinski definition) is 5. The first-order valence-electron chi connectivity index (χ1n) is 11.7. The van der Waals surface area contributed by atoms with E-state index in [1.54, 1.807) is 0 Å². The maximum atomic E-state index is 13.2. The Hall–Kier alpha value is -3.07. The van der Waals surface area contributed by atoms with E-state index in [-0.39, 0.29) is 22.4 Å². The number of rotatable bonds is 7. The van der Waals surface area contributed by atoms with E-state index in [4.69, 9.17) is 16.3 Å². The Labute approximate surface area is 217 Å². The summed E-state index contributed by atoms with van der Waals surface area (Å²) >= 11 is 6.38. The number of fused-ring (bicyclic) bond motifs is 1. The van der Waals surface area contributed by atoms with Gasteiger partial charge in [-0.3, -0.25) is 0 Å². The van der Waals surface area contributed by atoms with Gasteiger partial charge in [0.1, 0.15) is 5.75 Å². The molecular formula is C27H30ClN3O4S. The van der Waals surface area contributed by atoms with E-state index in [2.05, 4.69) is 16.0 Å². The van der Waals surface area contributed by atoms with Crippen molar-refractivity contribution in [3.05, 3.63) is 87.4 Å². The molecule has 3 N–H and O–H groups in total. The predicted molar refractivity (Wildman–Crippen MR) is 142 cm³/mol.